The molecular formula is C21H24O4. The lowest BCUT2D eigenvalue weighted by Crippen LogP contribution is -2.18. The molecule has 2 rings (SSSR count). The van der Waals surface area contributed by atoms with E-state index in [1.165, 1.54) is 0 Å². The number of carboxylic acid groups (broad SMARTS) is 1. The molecule has 25 heavy (non-hydrogen) atoms. The number of hydrogen-bond donors (Lipinski definition) is 2. The number of benzene rings is 2. The van der Waals surface area contributed by atoms with Gasteiger partial charge in [0, 0.05) is 17.5 Å². The number of phenolic OH excluding ortho intramolecular Hbond substituents is 1. The quantitative estimate of drug-likeness (QED) is 0.736. The van der Waals surface area contributed by atoms with Gasteiger partial charge >= 0.3 is 5.97 Å². The Morgan fingerprint density at radius 2 is 1.72 bits per heavy atom. The molecule has 0 aliphatic heterocycles. The first-order chi connectivity index (χ1) is 11.8. The third-order valence-electron chi connectivity index (χ3n) is 4.69. The number of carboxylic acids is 1. The van der Waals surface area contributed by atoms with Crippen LogP contribution in [0.25, 0.3) is 0 Å². The summed E-state index contributed by atoms with van der Waals surface area (Å²) < 4.78 is 0. The van der Waals surface area contributed by atoms with Crippen LogP contribution in [0.1, 0.15) is 60.7 Å². The van der Waals surface area contributed by atoms with Crippen molar-refractivity contribution in [2.45, 2.75) is 45.4 Å². The fraction of sp³-hybridized carbons (Fsp3) is 0.333. The van der Waals surface area contributed by atoms with Crippen LogP contribution in [0.15, 0.2) is 42.5 Å². The summed E-state index contributed by atoms with van der Waals surface area (Å²) in [5.41, 5.74) is 1.82. The van der Waals surface area contributed by atoms with E-state index in [0.717, 1.165) is 12.0 Å². The number of aromatic hydroxyl groups is 1. The lowest BCUT2D eigenvalue weighted by Gasteiger charge is -2.26. The molecule has 0 fully saturated rings. The fourth-order valence-corrected chi connectivity index (χ4v) is 2.71. The predicted molar refractivity (Wildman–Crippen MR) is 97.3 cm³/mol. The van der Waals surface area contributed by atoms with E-state index < -0.39 is 5.97 Å². The normalized spacial score (nSPS) is 11.3. The van der Waals surface area contributed by atoms with Gasteiger partial charge in [0.1, 0.15) is 5.75 Å². The molecule has 0 amide bonds. The molecule has 0 unspecified atom stereocenters. The number of hydrogen-bond acceptors (Lipinski definition) is 3. The van der Waals surface area contributed by atoms with Crippen molar-refractivity contribution in [3.8, 4) is 5.75 Å². The van der Waals surface area contributed by atoms with Crippen molar-refractivity contribution >= 4 is 11.8 Å². The summed E-state index contributed by atoms with van der Waals surface area (Å²) in [6.07, 6.45) is 1.08. The fourth-order valence-electron chi connectivity index (χ4n) is 2.71. The summed E-state index contributed by atoms with van der Waals surface area (Å²) in [6, 6.07) is 12.2. The molecule has 132 valence electrons. The van der Waals surface area contributed by atoms with Crippen LogP contribution in [-0.2, 0) is 16.6 Å². The van der Waals surface area contributed by atoms with Crippen LogP contribution >= 0.6 is 0 Å². The maximum atomic E-state index is 12.8. The van der Waals surface area contributed by atoms with E-state index in [1.54, 1.807) is 30.3 Å². The zero-order valence-electron chi connectivity index (χ0n) is 14.9. The molecule has 0 aromatic heterocycles. The molecule has 0 aliphatic rings. The van der Waals surface area contributed by atoms with Gasteiger partial charge in [-0.2, -0.15) is 0 Å². The van der Waals surface area contributed by atoms with E-state index >= 15 is 0 Å². The first-order valence-corrected chi connectivity index (χ1v) is 8.44. The summed E-state index contributed by atoms with van der Waals surface area (Å²) in [6.45, 7) is 6.02. The average Bonchev–Trinajstić information content (AvgIpc) is 2.60. The van der Waals surface area contributed by atoms with Crippen molar-refractivity contribution in [1.29, 1.82) is 0 Å². The number of rotatable bonds is 7. The average molecular weight is 340 g/mol. The zero-order chi connectivity index (χ0) is 18.6. The summed E-state index contributed by atoms with van der Waals surface area (Å²) in [7, 11) is 0. The van der Waals surface area contributed by atoms with Gasteiger partial charge in [-0.05, 0) is 29.9 Å². The molecule has 2 aromatic rings. The Hall–Kier alpha value is -2.62. The largest absolute Gasteiger partial charge is 0.507 e. The second kappa shape index (κ2) is 7.51. The van der Waals surface area contributed by atoms with Crippen LogP contribution < -0.4 is 0 Å². The number of carbonyl (C=O) groups excluding carboxylic acids is 1. The highest BCUT2D eigenvalue weighted by Gasteiger charge is 2.26. The van der Waals surface area contributed by atoms with Gasteiger partial charge in [-0.15, -0.1) is 0 Å². The van der Waals surface area contributed by atoms with Crippen LogP contribution in [0.2, 0.25) is 0 Å². The lowest BCUT2D eigenvalue weighted by molar-refractivity contribution is -0.136. The zero-order valence-corrected chi connectivity index (χ0v) is 14.9. The van der Waals surface area contributed by atoms with Gasteiger partial charge < -0.3 is 10.2 Å². The second-order valence-electron chi connectivity index (χ2n) is 6.87. The van der Waals surface area contributed by atoms with Gasteiger partial charge in [0.2, 0.25) is 0 Å². The van der Waals surface area contributed by atoms with Crippen molar-refractivity contribution in [3.63, 3.8) is 0 Å². The Balaban J connectivity index is 2.57. The predicted octanol–water partition coefficient (Wildman–Crippen LogP) is 4.33. The minimum atomic E-state index is -0.889. The number of aryl methyl sites for hydroxylation is 1. The minimum absolute atomic E-state index is 0.0141. The van der Waals surface area contributed by atoms with Crippen LogP contribution in [0.3, 0.4) is 0 Å². The number of ketones is 1. The van der Waals surface area contributed by atoms with Crippen molar-refractivity contribution in [2.24, 2.45) is 0 Å². The van der Waals surface area contributed by atoms with Gasteiger partial charge in [-0.3, -0.25) is 9.59 Å². The van der Waals surface area contributed by atoms with Crippen molar-refractivity contribution < 1.29 is 19.8 Å². The van der Waals surface area contributed by atoms with Crippen molar-refractivity contribution in [2.75, 3.05) is 0 Å². The molecule has 2 aromatic carbocycles. The first-order valence-electron chi connectivity index (χ1n) is 8.44. The first kappa shape index (κ1) is 18.7. The summed E-state index contributed by atoms with van der Waals surface area (Å²) in [4.78, 5) is 23.8. The van der Waals surface area contributed by atoms with E-state index in [0.29, 0.717) is 17.5 Å². The molecule has 4 nitrogen and oxygen atoms in total. The van der Waals surface area contributed by atoms with Crippen LogP contribution in [-0.4, -0.2) is 22.0 Å². The Labute approximate surface area is 148 Å². The lowest BCUT2D eigenvalue weighted by atomic mass is 9.79. The van der Waals surface area contributed by atoms with Gasteiger partial charge in [0.25, 0.3) is 0 Å². The SMILES string of the molecule is CCC(C)(C)c1cc(CCC(=O)O)cc(C(=O)c2ccccc2)c1O. The Kier molecular flexibility index (Phi) is 5.62. The molecule has 0 spiro atoms. The van der Waals surface area contributed by atoms with Gasteiger partial charge in [0.15, 0.2) is 5.78 Å². The van der Waals surface area contributed by atoms with E-state index in [4.69, 9.17) is 5.11 Å². The third kappa shape index (κ3) is 4.27. The number of phenols is 1. The highest BCUT2D eigenvalue weighted by Crippen LogP contribution is 2.37. The minimum Gasteiger partial charge on any atom is -0.507 e. The number of carbonyl (C=O) groups is 2. The highest BCUT2D eigenvalue weighted by atomic mass is 16.4. The van der Waals surface area contributed by atoms with Crippen LogP contribution in [0.5, 0.6) is 5.75 Å². The number of aliphatic carboxylic acids is 1. The van der Waals surface area contributed by atoms with E-state index in [-0.39, 0.29) is 28.9 Å². The summed E-state index contributed by atoms with van der Waals surface area (Å²) in [5, 5.41) is 19.7. The van der Waals surface area contributed by atoms with E-state index in [2.05, 4.69) is 0 Å². The smallest absolute Gasteiger partial charge is 0.303 e. The molecule has 4 heteroatoms. The second-order valence-corrected chi connectivity index (χ2v) is 6.87. The summed E-state index contributed by atoms with van der Waals surface area (Å²) >= 11 is 0. The molecule has 0 heterocycles. The third-order valence-corrected chi connectivity index (χ3v) is 4.69. The molecule has 0 radical (unpaired) electrons. The highest BCUT2D eigenvalue weighted by molar-refractivity contribution is 6.11. The monoisotopic (exact) mass is 340 g/mol. The van der Waals surface area contributed by atoms with Gasteiger partial charge in [-0.25, -0.2) is 0 Å². The van der Waals surface area contributed by atoms with Crippen molar-refractivity contribution in [3.05, 3.63) is 64.7 Å². The van der Waals surface area contributed by atoms with Crippen LogP contribution in [0.4, 0.5) is 0 Å². The van der Waals surface area contributed by atoms with E-state index in [9.17, 15) is 14.7 Å². The van der Waals surface area contributed by atoms with Crippen molar-refractivity contribution in [1.82, 2.24) is 0 Å². The Morgan fingerprint density at radius 3 is 2.28 bits per heavy atom. The summed E-state index contributed by atoms with van der Waals surface area (Å²) in [5.74, 6) is -1.16. The van der Waals surface area contributed by atoms with E-state index in [1.807, 2.05) is 32.9 Å². The Morgan fingerprint density at radius 1 is 1.08 bits per heavy atom. The van der Waals surface area contributed by atoms with Gasteiger partial charge in [-0.1, -0.05) is 57.2 Å². The molecule has 0 aliphatic carbocycles. The maximum Gasteiger partial charge on any atom is 0.303 e. The molecule has 2 N–H and O–H groups in total. The van der Waals surface area contributed by atoms with Gasteiger partial charge in [0.05, 0.1) is 5.56 Å². The molecule has 0 bridgehead atoms. The molecular weight excluding hydrogens is 316 g/mol. The van der Waals surface area contributed by atoms with Crippen LogP contribution in [0, 0.1) is 0 Å². The molecule has 0 atom stereocenters. The standard InChI is InChI=1S/C21H24O4/c1-4-21(2,3)17-13-14(10-11-18(22)23)12-16(20(17)25)19(24)15-8-6-5-7-9-15/h5-9,12-13,25H,4,10-11H2,1-3H3,(H,22,23). The Bertz CT molecular complexity index is 776. The molecule has 0 saturated heterocycles. The topological polar surface area (TPSA) is 74.6 Å². The maximum absolute atomic E-state index is 12.8. The molecule has 0 saturated carbocycles.